The average Bonchev–Trinajstić information content (AvgIpc) is 3.05. The highest BCUT2D eigenvalue weighted by molar-refractivity contribution is 5.94. The van der Waals surface area contributed by atoms with Crippen molar-refractivity contribution < 1.29 is 14.4 Å². The number of carbonyl (C=O) groups is 2. The fourth-order valence-electron chi connectivity index (χ4n) is 3.73. The molecular weight excluding hydrogens is 344 g/mol. The van der Waals surface area contributed by atoms with Gasteiger partial charge in [0.2, 0.25) is 11.5 Å². The lowest BCUT2D eigenvalue weighted by Crippen LogP contribution is -2.50. The number of rotatable bonds is 6. The molecule has 0 radical (unpaired) electrons. The molecule has 3 rings (SSSR count). The SMILES string of the molecule is CC1=NO[C@@](C)(C(=O)N2CCC(CCC(=O)NCc3cccnc3)CC2)C1. The predicted octanol–water partition coefficient (Wildman–Crippen LogP) is 2.27. The Labute approximate surface area is 160 Å². The van der Waals surface area contributed by atoms with E-state index >= 15 is 0 Å². The third-order valence-corrected chi connectivity index (χ3v) is 5.34. The largest absolute Gasteiger partial charge is 0.379 e. The van der Waals surface area contributed by atoms with Crippen molar-refractivity contribution in [2.24, 2.45) is 11.1 Å². The molecule has 7 nitrogen and oxygen atoms in total. The third kappa shape index (κ3) is 5.05. The predicted molar refractivity (Wildman–Crippen MR) is 102 cm³/mol. The number of hydrogen-bond acceptors (Lipinski definition) is 5. The highest BCUT2D eigenvalue weighted by Gasteiger charge is 2.43. The minimum Gasteiger partial charge on any atom is -0.379 e. The number of aromatic nitrogens is 1. The third-order valence-electron chi connectivity index (χ3n) is 5.34. The average molecular weight is 372 g/mol. The number of carbonyl (C=O) groups excluding carboxylic acids is 2. The van der Waals surface area contributed by atoms with E-state index in [0.717, 1.165) is 43.6 Å². The van der Waals surface area contributed by atoms with Crippen LogP contribution in [-0.2, 0) is 21.0 Å². The summed E-state index contributed by atoms with van der Waals surface area (Å²) < 4.78 is 0. The molecule has 2 amide bonds. The molecule has 27 heavy (non-hydrogen) atoms. The van der Waals surface area contributed by atoms with Crippen molar-refractivity contribution in [1.82, 2.24) is 15.2 Å². The van der Waals surface area contributed by atoms with Gasteiger partial charge in [-0.15, -0.1) is 0 Å². The summed E-state index contributed by atoms with van der Waals surface area (Å²) in [5.41, 5.74) is 1.01. The van der Waals surface area contributed by atoms with Gasteiger partial charge in [0.15, 0.2) is 0 Å². The zero-order chi connectivity index (χ0) is 19.3. The van der Waals surface area contributed by atoms with Crippen molar-refractivity contribution in [1.29, 1.82) is 0 Å². The lowest BCUT2D eigenvalue weighted by atomic mass is 9.90. The number of amides is 2. The van der Waals surface area contributed by atoms with E-state index in [1.807, 2.05) is 30.9 Å². The zero-order valence-corrected chi connectivity index (χ0v) is 16.1. The van der Waals surface area contributed by atoms with Crippen LogP contribution in [0, 0.1) is 5.92 Å². The van der Waals surface area contributed by atoms with Gasteiger partial charge in [0.05, 0.1) is 5.71 Å². The number of oxime groups is 1. The molecule has 0 spiro atoms. The summed E-state index contributed by atoms with van der Waals surface area (Å²) in [5, 5.41) is 6.87. The Morgan fingerprint density at radius 1 is 1.37 bits per heavy atom. The monoisotopic (exact) mass is 372 g/mol. The van der Waals surface area contributed by atoms with Crippen LogP contribution in [0.3, 0.4) is 0 Å². The summed E-state index contributed by atoms with van der Waals surface area (Å²) in [5.74, 6) is 0.570. The van der Waals surface area contributed by atoms with Crippen LogP contribution in [-0.4, -0.2) is 46.1 Å². The molecular formula is C20H28N4O3. The zero-order valence-electron chi connectivity index (χ0n) is 16.1. The molecule has 0 saturated carbocycles. The van der Waals surface area contributed by atoms with Crippen LogP contribution in [0.4, 0.5) is 0 Å². The molecule has 2 aliphatic rings. The molecule has 3 heterocycles. The Balaban J connectivity index is 1.36. The van der Waals surface area contributed by atoms with E-state index in [1.54, 1.807) is 12.4 Å². The highest BCUT2D eigenvalue weighted by atomic mass is 16.7. The molecule has 146 valence electrons. The number of likely N-dealkylation sites (tertiary alicyclic amines) is 1. The van der Waals surface area contributed by atoms with Gasteiger partial charge >= 0.3 is 0 Å². The molecule has 1 aromatic rings. The van der Waals surface area contributed by atoms with Crippen LogP contribution in [0.5, 0.6) is 0 Å². The number of pyridine rings is 1. The van der Waals surface area contributed by atoms with Crippen LogP contribution in [0.25, 0.3) is 0 Å². The summed E-state index contributed by atoms with van der Waals surface area (Å²) in [6.45, 7) is 5.65. The van der Waals surface area contributed by atoms with E-state index in [-0.39, 0.29) is 11.8 Å². The molecule has 0 bridgehead atoms. The number of piperidine rings is 1. The molecule has 0 aromatic carbocycles. The molecule has 7 heteroatoms. The van der Waals surface area contributed by atoms with Crippen molar-refractivity contribution in [3.05, 3.63) is 30.1 Å². The standard InChI is InChI=1S/C20H28N4O3/c1-15-12-20(2,27-23-15)19(26)24-10-7-16(8-11-24)5-6-18(25)22-14-17-4-3-9-21-13-17/h3-4,9,13,16H,5-8,10-12,14H2,1-2H3,(H,22,25)/t20-/m1/s1. The topological polar surface area (TPSA) is 83.9 Å². The first kappa shape index (κ1) is 19.3. The summed E-state index contributed by atoms with van der Waals surface area (Å²) in [7, 11) is 0. The second-order valence-corrected chi connectivity index (χ2v) is 7.74. The van der Waals surface area contributed by atoms with Crippen molar-refractivity contribution in [3.63, 3.8) is 0 Å². The van der Waals surface area contributed by atoms with Crippen LogP contribution < -0.4 is 5.32 Å². The van der Waals surface area contributed by atoms with Gasteiger partial charge < -0.3 is 15.1 Å². The van der Waals surface area contributed by atoms with E-state index in [1.165, 1.54) is 0 Å². The van der Waals surface area contributed by atoms with Gasteiger partial charge in [-0.25, -0.2) is 0 Å². The Kier molecular flexibility index (Phi) is 6.08. The van der Waals surface area contributed by atoms with E-state index in [9.17, 15) is 9.59 Å². The molecule has 1 aromatic heterocycles. The molecule has 1 atom stereocenters. The van der Waals surface area contributed by atoms with Gasteiger partial charge in [-0.05, 0) is 50.7 Å². The molecule has 1 saturated heterocycles. The van der Waals surface area contributed by atoms with Crippen LogP contribution >= 0.6 is 0 Å². The Bertz CT molecular complexity index is 698. The van der Waals surface area contributed by atoms with Gasteiger partial charge in [0.25, 0.3) is 5.91 Å². The fourth-order valence-corrected chi connectivity index (χ4v) is 3.73. The first-order valence-corrected chi connectivity index (χ1v) is 9.63. The molecule has 1 fully saturated rings. The maximum atomic E-state index is 12.7. The first-order valence-electron chi connectivity index (χ1n) is 9.63. The molecule has 1 N–H and O–H groups in total. The van der Waals surface area contributed by atoms with Crippen LogP contribution in [0.2, 0.25) is 0 Å². The number of nitrogens with one attached hydrogen (secondary N) is 1. The smallest absolute Gasteiger partial charge is 0.269 e. The lowest BCUT2D eigenvalue weighted by molar-refractivity contribution is -0.154. The van der Waals surface area contributed by atoms with E-state index in [0.29, 0.717) is 25.3 Å². The Hall–Kier alpha value is -2.44. The van der Waals surface area contributed by atoms with Crippen LogP contribution in [0.15, 0.2) is 29.7 Å². The van der Waals surface area contributed by atoms with E-state index in [4.69, 9.17) is 4.84 Å². The van der Waals surface area contributed by atoms with Gasteiger partial charge in [-0.1, -0.05) is 11.2 Å². The number of nitrogens with zero attached hydrogens (tertiary/aromatic N) is 3. The maximum absolute atomic E-state index is 12.7. The van der Waals surface area contributed by atoms with Crippen molar-refractivity contribution in [2.75, 3.05) is 13.1 Å². The second-order valence-electron chi connectivity index (χ2n) is 7.74. The molecule has 2 aliphatic heterocycles. The fraction of sp³-hybridized carbons (Fsp3) is 0.600. The van der Waals surface area contributed by atoms with Crippen molar-refractivity contribution >= 4 is 17.5 Å². The Morgan fingerprint density at radius 2 is 2.15 bits per heavy atom. The quantitative estimate of drug-likeness (QED) is 0.830. The van der Waals surface area contributed by atoms with Gasteiger partial charge in [-0.2, -0.15) is 0 Å². The van der Waals surface area contributed by atoms with E-state index in [2.05, 4.69) is 15.5 Å². The highest BCUT2D eigenvalue weighted by Crippen LogP contribution is 2.29. The summed E-state index contributed by atoms with van der Waals surface area (Å²) in [6, 6.07) is 3.81. The normalized spacial score (nSPS) is 22.9. The van der Waals surface area contributed by atoms with Gasteiger partial charge in [0, 0.05) is 44.9 Å². The second kappa shape index (κ2) is 8.50. The molecule has 0 unspecified atom stereocenters. The first-order chi connectivity index (χ1) is 13.0. The summed E-state index contributed by atoms with van der Waals surface area (Å²) in [4.78, 5) is 36.1. The minimum atomic E-state index is -0.844. The maximum Gasteiger partial charge on any atom is 0.269 e. The van der Waals surface area contributed by atoms with Gasteiger partial charge in [0.1, 0.15) is 0 Å². The molecule has 0 aliphatic carbocycles. The van der Waals surface area contributed by atoms with Crippen molar-refractivity contribution in [2.45, 2.75) is 58.1 Å². The van der Waals surface area contributed by atoms with Gasteiger partial charge in [-0.3, -0.25) is 14.6 Å². The lowest BCUT2D eigenvalue weighted by Gasteiger charge is -2.35. The number of hydrogen-bond donors (Lipinski definition) is 1. The minimum absolute atomic E-state index is 0.0239. The van der Waals surface area contributed by atoms with E-state index < -0.39 is 5.60 Å². The van der Waals surface area contributed by atoms with Crippen molar-refractivity contribution in [3.8, 4) is 0 Å². The Morgan fingerprint density at radius 3 is 2.78 bits per heavy atom. The van der Waals surface area contributed by atoms with Crippen LogP contribution in [0.1, 0.15) is 51.5 Å². The summed E-state index contributed by atoms with van der Waals surface area (Å²) >= 11 is 0. The summed E-state index contributed by atoms with van der Waals surface area (Å²) in [6.07, 6.45) is 7.27.